The number of carbonyl (C=O) groups is 1. The summed E-state index contributed by atoms with van der Waals surface area (Å²) in [5, 5.41) is 8.47. The molecule has 1 heterocycles. The summed E-state index contributed by atoms with van der Waals surface area (Å²) in [4.78, 5) is 13.7. The molecule has 0 amide bonds. The van der Waals surface area contributed by atoms with Crippen LogP contribution in [0.5, 0.6) is 5.75 Å². The van der Waals surface area contributed by atoms with Gasteiger partial charge in [0.25, 0.3) is 6.43 Å². The first-order valence-electron chi connectivity index (χ1n) is 4.65. The topological polar surface area (TPSA) is 85.4 Å². The number of carboxylic acid groups (broad SMARTS) is 1. The molecule has 0 aliphatic heterocycles. The van der Waals surface area contributed by atoms with Crippen LogP contribution in [0, 0.1) is 0 Å². The molecular formula is C9H7F5N2O3. The average Bonchev–Trinajstić information content (AvgIpc) is 2.10. The number of nitrogens with two attached hydrogens (primary N) is 1. The number of rotatable bonds is 4. The van der Waals surface area contributed by atoms with Gasteiger partial charge in [0, 0.05) is 6.07 Å². The number of ether oxygens (including phenoxy) is 1. The lowest BCUT2D eigenvalue weighted by Gasteiger charge is -2.15. The molecule has 0 saturated carbocycles. The highest BCUT2D eigenvalue weighted by Gasteiger charge is 2.34. The SMILES string of the molecule is Nc1nc(CC(=O)O)cc(OC(F)(F)F)c1C(F)F. The highest BCUT2D eigenvalue weighted by molar-refractivity contribution is 5.70. The lowest BCUT2D eigenvalue weighted by Crippen LogP contribution is -2.19. The highest BCUT2D eigenvalue weighted by atomic mass is 19.4. The normalized spacial score (nSPS) is 11.7. The summed E-state index contributed by atoms with van der Waals surface area (Å²) in [6, 6.07) is 0.472. The Hall–Kier alpha value is -2.13. The Bertz CT molecular complexity index is 489. The van der Waals surface area contributed by atoms with Crippen molar-refractivity contribution in [2.24, 2.45) is 0 Å². The first-order valence-corrected chi connectivity index (χ1v) is 4.65. The van der Waals surface area contributed by atoms with E-state index in [0.29, 0.717) is 6.07 Å². The maximum atomic E-state index is 12.6. The summed E-state index contributed by atoms with van der Waals surface area (Å²) in [6.07, 6.45) is -9.33. The molecular weight excluding hydrogens is 279 g/mol. The monoisotopic (exact) mass is 286 g/mol. The number of halogens is 5. The van der Waals surface area contributed by atoms with Gasteiger partial charge in [-0.3, -0.25) is 4.79 Å². The molecule has 3 N–H and O–H groups in total. The fraction of sp³-hybridized carbons (Fsp3) is 0.333. The van der Waals surface area contributed by atoms with E-state index in [1.807, 2.05) is 0 Å². The van der Waals surface area contributed by atoms with Crippen LogP contribution in [-0.4, -0.2) is 22.4 Å². The van der Waals surface area contributed by atoms with E-state index in [1.54, 1.807) is 0 Å². The molecule has 19 heavy (non-hydrogen) atoms. The van der Waals surface area contributed by atoms with Crippen molar-refractivity contribution in [3.8, 4) is 5.75 Å². The smallest absolute Gasteiger partial charge is 0.481 e. The van der Waals surface area contributed by atoms with Crippen LogP contribution < -0.4 is 10.5 Å². The van der Waals surface area contributed by atoms with Crippen molar-refractivity contribution in [2.45, 2.75) is 19.2 Å². The number of alkyl halides is 5. The van der Waals surface area contributed by atoms with E-state index in [2.05, 4.69) is 9.72 Å². The Morgan fingerprint density at radius 2 is 2.05 bits per heavy atom. The van der Waals surface area contributed by atoms with E-state index in [9.17, 15) is 26.7 Å². The number of aromatic nitrogens is 1. The van der Waals surface area contributed by atoms with Gasteiger partial charge in [-0.15, -0.1) is 13.2 Å². The lowest BCUT2D eigenvalue weighted by atomic mass is 10.2. The number of aliphatic carboxylic acids is 1. The minimum absolute atomic E-state index is 0.423. The maximum absolute atomic E-state index is 12.6. The summed E-state index contributed by atoms with van der Waals surface area (Å²) in [7, 11) is 0. The summed E-state index contributed by atoms with van der Waals surface area (Å²) in [5.41, 5.74) is 3.43. The second-order valence-electron chi connectivity index (χ2n) is 3.33. The van der Waals surface area contributed by atoms with E-state index in [-0.39, 0.29) is 0 Å². The number of nitrogen functional groups attached to an aromatic ring is 1. The third-order valence-corrected chi connectivity index (χ3v) is 1.88. The minimum Gasteiger partial charge on any atom is -0.481 e. The molecule has 0 fully saturated rings. The number of nitrogens with zero attached hydrogens (tertiary/aromatic N) is 1. The van der Waals surface area contributed by atoms with Crippen molar-refractivity contribution < 1.29 is 36.6 Å². The number of hydrogen-bond donors (Lipinski definition) is 2. The van der Waals surface area contributed by atoms with E-state index in [4.69, 9.17) is 10.8 Å². The van der Waals surface area contributed by atoms with Gasteiger partial charge in [-0.25, -0.2) is 13.8 Å². The number of carboxylic acids is 1. The fourth-order valence-corrected chi connectivity index (χ4v) is 1.28. The van der Waals surface area contributed by atoms with Crippen LogP contribution in [-0.2, 0) is 11.2 Å². The Labute approximate surface area is 102 Å². The predicted octanol–water partition coefficient (Wildman–Crippen LogP) is 2.13. The van der Waals surface area contributed by atoms with Crippen LogP contribution in [0.15, 0.2) is 6.07 Å². The zero-order chi connectivity index (χ0) is 14.8. The van der Waals surface area contributed by atoms with Crippen LogP contribution in [0.3, 0.4) is 0 Å². The fourth-order valence-electron chi connectivity index (χ4n) is 1.28. The molecule has 0 atom stereocenters. The number of hydrogen-bond acceptors (Lipinski definition) is 4. The molecule has 0 radical (unpaired) electrons. The van der Waals surface area contributed by atoms with Crippen molar-refractivity contribution >= 4 is 11.8 Å². The highest BCUT2D eigenvalue weighted by Crippen LogP contribution is 2.36. The molecule has 5 nitrogen and oxygen atoms in total. The molecule has 1 aromatic heterocycles. The molecule has 1 aromatic rings. The molecule has 106 valence electrons. The zero-order valence-corrected chi connectivity index (χ0v) is 9.04. The van der Waals surface area contributed by atoms with Gasteiger partial charge in [0.2, 0.25) is 0 Å². The van der Waals surface area contributed by atoms with Crippen LogP contribution >= 0.6 is 0 Å². The summed E-state index contributed by atoms with van der Waals surface area (Å²) >= 11 is 0. The van der Waals surface area contributed by atoms with Gasteiger partial charge in [0.1, 0.15) is 17.1 Å². The Morgan fingerprint density at radius 1 is 1.47 bits per heavy atom. The van der Waals surface area contributed by atoms with Gasteiger partial charge >= 0.3 is 12.3 Å². The molecule has 0 saturated heterocycles. The van der Waals surface area contributed by atoms with Crippen molar-refractivity contribution in [2.75, 3.05) is 5.73 Å². The molecule has 0 bridgehead atoms. The summed E-state index contributed by atoms with van der Waals surface area (Å²) < 4.78 is 64.8. The summed E-state index contributed by atoms with van der Waals surface area (Å²) in [5.74, 6) is -3.58. The molecule has 0 spiro atoms. The average molecular weight is 286 g/mol. The molecule has 1 rings (SSSR count). The first kappa shape index (κ1) is 14.9. The van der Waals surface area contributed by atoms with Crippen molar-refractivity contribution in [1.29, 1.82) is 0 Å². The third-order valence-electron chi connectivity index (χ3n) is 1.88. The molecule has 0 aliphatic rings. The minimum atomic E-state index is -5.21. The van der Waals surface area contributed by atoms with Crippen LogP contribution in [0.25, 0.3) is 0 Å². The Balaban J connectivity index is 3.28. The van der Waals surface area contributed by atoms with Gasteiger partial charge in [-0.05, 0) is 0 Å². The quantitative estimate of drug-likeness (QED) is 0.828. The van der Waals surface area contributed by atoms with Crippen LogP contribution in [0.1, 0.15) is 17.7 Å². The largest absolute Gasteiger partial charge is 0.573 e. The number of anilines is 1. The van der Waals surface area contributed by atoms with E-state index in [1.165, 1.54) is 0 Å². The van der Waals surface area contributed by atoms with E-state index < -0.39 is 48.0 Å². The standard InChI is InChI=1S/C9H7F5N2O3/c10-7(11)6-4(19-9(12,13)14)1-3(2-5(17)18)16-8(6)15/h1,7H,2H2,(H2,15,16)(H,17,18). The van der Waals surface area contributed by atoms with Gasteiger partial charge in [0.05, 0.1) is 12.1 Å². The van der Waals surface area contributed by atoms with Crippen molar-refractivity contribution in [3.05, 3.63) is 17.3 Å². The van der Waals surface area contributed by atoms with E-state index in [0.717, 1.165) is 0 Å². The maximum Gasteiger partial charge on any atom is 0.573 e. The molecule has 0 aliphatic carbocycles. The Kier molecular flexibility index (Phi) is 4.12. The van der Waals surface area contributed by atoms with Crippen molar-refractivity contribution in [1.82, 2.24) is 4.98 Å². The van der Waals surface area contributed by atoms with Gasteiger partial charge in [0.15, 0.2) is 0 Å². The summed E-state index contributed by atoms with van der Waals surface area (Å²) in [6.45, 7) is 0. The van der Waals surface area contributed by atoms with Gasteiger partial charge in [-0.2, -0.15) is 0 Å². The second kappa shape index (κ2) is 5.24. The van der Waals surface area contributed by atoms with Crippen molar-refractivity contribution in [3.63, 3.8) is 0 Å². The zero-order valence-electron chi connectivity index (χ0n) is 9.04. The van der Waals surface area contributed by atoms with Gasteiger partial charge in [-0.1, -0.05) is 0 Å². The lowest BCUT2D eigenvalue weighted by molar-refractivity contribution is -0.275. The second-order valence-corrected chi connectivity index (χ2v) is 3.33. The van der Waals surface area contributed by atoms with Crippen LogP contribution in [0.2, 0.25) is 0 Å². The van der Waals surface area contributed by atoms with E-state index >= 15 is 0 Å². The first-order chi connectivity index (χ1) is 8.60. The number of pyridine rings is 1. The molecule has 0 aromatic carbocycles. The third kappa shape index (κ3) is 4.23. The molecule has 0 unspecified atom stereocenters. The Morgan fingerprint density at radius 3 is 2.47 bits per heavy atom. The molecule has 10 heteroatoms. The van der Waals surface area contributed by atoms with Crippen LogP contribution in [0.4, 0.5) is 27.8 Å². The van der Waals surface area contributed by atoms with Gasteiger partial charge < -0.3 is 15.6 Å². The predicted molar refractivity (Wildman–Crippen MR) is 51.6 cm³/mol.